The van der Waals surface area contributed by atoms with Gasteiger partial charge in [-0.15, -0.1) is 0 Å². The molecule has 0 saturated carbocycles. The molecular weight excluding hydrogens is 264 g/mol. The minimum atomic E-state index is -3.02. The molecule has 2 heterocycles. The van der Waals surface area contributed by atoms with Crippen molar-refractivity contribution in [1.82, 2.24) is 9.21 Å². The van der Waals surface area contributed by atoms with E-state index < -0.39 is 10.0 Å². The van der Waals surface area contributed by atoms with Crippen molar-refractivity contribution in [2.24, 2.45) is 0 Å². The topological polar surface area (TPSA) is 49.9 Å². The highest BCUT2D eigenvalue weighted by Crippen LogP contribution is 2.15. The molecule has 2 fully saturated rings. The van der Waals surface area contributed by atoms with Crippen LogP contribution < -0.4 is 0 Å². The molecular formula is C13H26N2O3S. The van der Waals surface area contributed by atoms with Gasteiger partial charge < -0.3 is 4.74 Å². The Balaban J connectivity index is 1.75. The predicted octanol–water partition coefficient (Wildman–Crippen LogP) is 0.913. The Hall–Kier alpha value is -0.170. The Morgan fingerprint density at radius 2 is 1.95 bits per heavy atom. The molecule has 0 spiro atoms. The summed E-state index contributed by atoms with van der Waals surface area (Å²) in [6, 6.07) is 0. The number of unbranched alkanes of at least 4 members (excludes halogenated alkanes) is 1. The molecule has 5 nitrogen and oxygen atoms in total. The fraction of sp³-hybridized carbons (Fsp3) is 1.00. The van der Waals surface area contributed by atoms with Crippen molar-refractivity contribution in [3.05, 3.63) is 0 Å². The van der Waals surface area contributed by atoms with Gasteiger partial charge in [0.05, 0.1) is 11.9 Å². The molecule has 0 N–H and O–H groups in total. The summed E-state index contributed by atoms with van der Waals surface area (Å²) >= 11 is 0. The van der Waals surface area contributed by atoms with Gasteiger partial charge in [0.2, 0.25) is 10.0 Å². The highest BCUT2D eigenvalue weighted by molar-refractivity contribution is 7.89. The van der Waals surface area contributed by atoms with Crippen molar-refractivity contribution < 1.29 is 13.2 Å². The third-order valence-corrected chi connectivity index (χ3v) is 5.92. The molecule has 2 aliphatic rings. The second-order valence-corrected chi connectivity index (χ2v) is 7.59. The van der Waals surface area contributed by atoms with E-state index in [0.717, 1.165) is 51.9 Å². The van der Waals surface area contributed by atoms with E-state index in [2.05, 4.69) is 4.90 Å². The van der Waals surface area contributed by atoms with E-state index in [0.29, 0.717) is 24.9 Å². The molecule has 0 bridgehead atoms. The van der Waals surface area contributed by atoms with Gasteiger partial charge in [0, 0.05) is 39.3 Å². The van der Waals surface area contributed by atoms with Gasteiger partial charge in [0.15, 0.2) is 0 Å². The number of ether oxygens (including phenoxy) is 1. The number of hydrogen-bond donors (Lipinski definition) is 0. The number of sulfonamides is 1. The van der Waals surface area contributed by atoms with Crippen LogP contribution in [0.5, 0.6) is 0 Å². The smallest absolute Gasteiger partial charge is 0.214 e. The van der Waals surface area contributed by atoms with Gasteiger partial charge >= 0.3 is 0 Å². The van der Waals surface area contributed by atoms with Crippen LogP contribution in [0.1, 0.15) is 32.6 Å². The Kier molecular flexibility index (Phi) is 5.62. The molecule has 6 heteroatoms. The average Bonchev–Trinajstić information content (AvgIpc) is 2.90. The molecule has 0 amide bonds. The quantitative estimate of drug-likeness (QED) is 0.730. The van der Waals surface area contributed by atoms with E-state index in [1.807, 2.05) is 6.92 Å². The summed E-state index contributed by atoms with van der Waals surface area (Å²) in [6.45, 7) is 6.82. The van der Waals surface area contributed by atoms with Crippen LogP contribution in [0.3, 0.4) is 0 Å². The third kappa shape index (κ3) is 4.41. The van der Waals surface area contributed by atoms with Crippen molar-refractivity contribution in [1.29, 1.82) is 0 Å². The fourth-order valence-corrected chi connectivity index (χ4v) is 4.35. The van der Waals surface area contributed by atoms with Crippen LogP contribution >= 0.6 is 0 Å². The zero-order valence-electron chi connectivity index (χ0n) is 11.9. The molecule has 0 aromatic heterocycles. The molecule has 0 aromatic rings. The standard InChI is InChI=1S/C13H26N2O3S/c1-2-3-11-19(16,17)15-8-6-14(7-9-15)12-13-5-4-10-18-13/h13H,2-12H2,1H3. The summed E-state index contributed by atoms with van der Waals surface area (Å²) in [4.78, 5) is 2.34. The Labute approximate surface area is 117 Å². The second kappa shape index (κ2) is 7.02. The lowest BCUT2D eigenvalue weighted by Crippen LogP contribution is -2.50. The van der Waals surface area contributed by atoms with Gasteiger partial charge in [-0.1, -0.05) is 13.3 Å². The molecule has 1 atom stereocenters. The van der Waals surface area contributed by atoms with Gasteiger partial charge in [0.25, 0.3) is 0 Å². The van der Waals surface area contributed by atoms with Crippen molar-refractivity contribution in [2.75, 3.05) is 45.1 Å². The first-order valence-corrected chi connectivity index (χ1v) is 9.04. The van der Waals surface area contributed by atoms with Crippen LogP contribution in [0, 0.1) is 0 Å². The summed E-state index contributed by atoms with van der Waals surface area (Å²) in [7, 11) is -3.02. The Morgan fingerprint density at radius 3 is 2.53 bits per heavy atom. The zero-order valence-corrected chi connectivity index (χ0v) is 12.7. The maximum atomic E-state index is 12.1. The molecule has 2 rings (SSSR count). The fourth-order valence-electron chi connectivity index (χ4n) is 2.72. The molecule has 112 valence electrons. The molecule has 2 saturated heterocycles. The van der Waals surface area contributed by atoms with E-state index in [4.69, 9.17) is 4.74 Å². The lowest BCUT2D eigenvalue weighted by atomic mass is 10.2. The van der Waals surface area contributed by atoms with Gasteiger partial charge in [-0.05, 0) is 19.3 Å². The summed E-state index contributed by atoms with van der Waals surface area (Å²) in [5.41, 5.74) is 0. The maximum Gasteiger partial charge on any atom is 0.214 e. The molecule has 2 aliphatic heterocycles. The van der Waals surface area contributed by atoms with E-state index in [-0.39, 0.29) is 0 Å². The first-order chi connectivity index (χ1) is 9.12. The van der Waals surface area contributed by atoms with Crippen molar-refractivity contribution in [3.63, 3.8) is 0 Å². The first kappa shape index (κ1) is 15.2. The summed E-state index contributed by atoms with van der Waals surface area (Å²) in [5.74, 6) is 0.301. The highest BCUT2D eigenvalue weighted by atomic mass is 32.2. The highest BCUT2D eigenvalue weighted by Gasteiger charge is 2.28. The Bertz CT molecular complexity index is 358. The molecule has 1 unspecified atom stereocenters. The molecule has 0 radical (unpaired) electrons. The van der Waals surface area contributed by atoms with Crippen LogP contribution in [-0.2, 0) is 14.8 Å². The number of hydrogen-bond acceptors (Lipinski definition) is 4. The van der Waals surface area contributed by atoms with E-state index >= 15 is 0 Å². The summed E-state index contributed by atoms with van der Waals surface area (Å²) < 4.78 is 31.4. The SMILES string of the molecule is CCCCS(=O)(=O)N1CCN(CC2CCCO2)CC1. The number of piperazine rings is 1. The minimum Gasteiger partial charge on any atom is -0.377 e. The summed E-state index contributed by atoms with van der Waals surface area (Å²) in [6.07, 6.45) is 4.37. The largest absolute Gasteiger partial charge is 0.377 e. The van der Waals surface area contributed by atoms with E-state index in [1.54, 1.807) is 4.31 Å². The second-order valence-electron chi connectivity index (χ2n) is 5.50. The number of rotatable bonds is 6. The lowest BCUT2D eigenvalue weighted by Gasteiger charge is -2.35. The Morgan fingerprint density at radius 1 is 1.21 bits per heavy atom. The van der Waals surface area contributed by atoms with Gasteiger partial charge in [-0.2, -0.15) is 4.31 Å². The van der Waals surface area contributed by atoms with Gasteiger partial charge in [-0.3, -0.25) is 4.90 Å². The molecule has 0 aromatic carbocycles. The van der Waals surface area contributed by atoms with Crippen LogP contribution in [0.25, 0.3) is 0 Å². The third-order valence-electron chi connectivity index (χ3n) is 3.97. The van der Waals surface area contributed by atoms with Crippen molar-refractivity contribution in [3.8, 4) is 0 Å². The molecule has 19 heavy (non-hydrogen) atoms. The van der Waals surface area contributed by atoms with E-state index in [1.165, 1.54) is 0 Å². The minimum absolute atomic E-state index is 0.301. The first-order valence-electron chi connectivity index (χ1n) is 7.43. The maximum absolute atomic E-state index is 12.1. The van der Waals surface area contributed by atoms with Crippen LogP contribution in [0.15, 0.2) is 0 Å². The molecule has 0 aliphatic carbocycles. The van der Waals surface area contributed by atoms with Crippen molar-refractivity contribution >= 4 is 10.0 Å². The lowest BCUT2D eigenvalue weighted by molar-refractivity contribution is 0.0617. The predicted molar refractivity (Wildman–Crippen MR) is 75.7 cm³/mol. The number of nitrogens with zero attached hydrogens (tertiary/aromatic N) is 2. The normalized spacial score (nSPS) is 26.9. The summed E-state index contributed by atoms with van der Waals surface area (Å²) in [5, 5.41) is 0. The van der Waals surface area contributed by atoms with Crippen LogP contribution in [-0.4, -0.2) is 68.8 Å². The van der Waals surface area contributed by atoms with E-state index in [9.17, 15) is 8.42 Å². The average molecular weight is 290 g/mol. The van der Waals surface area contributed by atoms with Crippen LogP contribution in [0.2, 0.25) is 0 Å². The van der Waals surface area contributed by atoms with Gasteiger partial charge in [-0.25, -0.2) is 8.42 Å². The van der Waals surface area contributed by atoms with Crippen LogP contribution in [0.4, 0.5) is 0 Å². The van der Waals surface area contributed by atoms with Gasteiger partial charge in [0.1, 0.15) is 0 Å². The zero-order chi connectivity index (χ0) is 13.7. The monoisotopic (exact) mass is 290 g/mol. The van der Waals surface area contributed by atoms with Crippen molar-refractivity contribution in [2.45, 2.75) is 38.7 Å².